The maximum atomic E-state index is 9.32. The smallest absolute Gasteiger partial charge is 0.219 e. The molecule has 0 fully saturated rings. The van der Waals surface area contributed by atoms with Gasteiger partial charge in [-0.05, 0) is 44.9 Å². The molecule has 0 saturated heterocycles. The molecule has 0 radical (unpaired) electrons. The molecule has 1 aliphatic rings. The lowest BCUT2D eigenvalue weighted by molar-refractivity contribution is -0.888. The van der Waals surface area contributed by atoms with Gasteiger partial charge in [-0.3, -0.25) is 0 Å². The number of rotatable bonds is 5. The Labute approximate surface area is 131 Å². The minimum Gasteiger partial charge on any atom is -0.390 e. The van der Waals surface area contributed by atoms with Gasteiger partial charge in [0.25, 0.3) is 0 Å². The van der Waals surface area contributed by atoms with E-state index in [1.807, 2.05) is 30.6 Å². The molecule has 5 heteroatoms. The summed E-state index contributed by atoms with van der Waals surface area (Å²) in [4.78, 5) is 4.47. The van der Waals surface area contributed by atoms with Gasteiger partial charge in [0.2, 0.25) is 6.34 Å². The van der Waals surface area contributed by atoms with Gasteiger partial charge in [-0.15, -0.1) is 4.59 Å². The van der Waals surface area contributed by atoms with Gasteiger partial charge < -0.3 is 5.11 Å². The van der Waals surface area contributed by atoms with Gasteiger partial charge in [0.05, 0.1) is 6.61 Å². The molecule has 1 unspecified atom stereocenters. The monoisotopic (exact) mass is 308 g/mol. The molecule has 1 atom stereocenters. The predicted octanol–water partition coefficient (Wildman–Crippen LogP) is 3.24. The highest BCUT2D eigenvalue weighted by atomic mass is 35.5. The average molecular weight is 309 g/mol. The summed E-state index contributed by atoms with van der Waals surface area (Å²) in [6, 6.07) is 7.86. The lowest BCUT2D eigenvalue weighted by Gasteiger charge is -2.36. The molecule has 4 nitrogen and oxygen atoms in total. The Hall–Kier alpha value is -1.23. The Kier molecular flexibility index (Phi) is 4.81. The number of quaternary nitrogens is 1. The van der Waals surface area contributed by atoms with E-state index in [0.29, 0.717) is 11.1 Å². The van der Waals surface area contributed by atoms with Crippen molar-refractivity contribution in [3.63, 3.8) is 0 Å². The van der Waals surface area contributed by atoms with Crippen LogP contribution in [-0.4, -0.2) is 40.6 Å². The topological polar surface area (TPSA) is 45.0 Å². The van der Waals surface area contributed by atoms with E-state index in [9.17, 15) is 5.11 Å². The first-order valence-electron chi connectivity index (χ1n) is 7.24. The van der Waals surface area contributed by atoms with Gasteiger partial charge in [-0.2, -0.15) is 4.99 Å². The van der Waals surface area contributed by atoms with Crippen LogP contribution in [0.15, 0.2) is 34.4 Å². The van der Waals surface area contributed by atoms with Gasteiger partial charge >= 0.3 is 0 Å². The van der Waals surface area contributed by atoms with Crippen molar-refractivity contribution in [2.45, 2.75) is 39.2 Å². The van der Waals surface area contributed by atoms with Gasteiger partial charge in [0.15, 0.2) is 5.84 Å². The molecule has 1 aromatic rings. The molecule has 21 heavy (non-hydrogen) atoms. The maximum Gasteiger partial charge on any atom is 0.219 e. The SMILES string of the molecule is CC(C)(C)[N+]1(CCO)C=NC(CCc2ccc(Cl)cc2)=N1. The summed E-state index contributed by atoms with van der Waals surface area (Å²) in [6.45, 7) is 6.98. The van der Waals surface area contributed by atoms with Crippen LogP contribution in [0.2, 0.25) is 5.02 Å². The van der Waals surface area contributed by atoms with Gasteiger partial charge in [-0.1, -0.05) is 28.8 Å². The number of aliphatic hydroxyl groups is 1. The van der Waals surface area contributed by atoms with Crippen LogP contribution < -0.4 is 0 Å². The summed E-state index contributed by atoms with van der Waals surface area (Å²) in [7, 11) is 0. The van der Waals surface area contributed by atoms with Crippen LogP contribution in [0.25, 0.3) is 0 Å². The number of benzene rings is 1. The molecule has 0 spiro atoms. The van der Waals surface area contributed by atoms with E-state index in [2.05, 4.69) is 25.8 Å². The second-order valence-corrected chi connectivity index (χ2v) is 6.77. The van der Waals surface area contributed by atoms with Crippen LogP contribution in [0.5, 0.6) is 0 Å². The van der Waals surface area contributed by atoms with Crippen molar-refractivity contribution in [3.8, 4) is 0 Å². The zero-order chi connectivity index (χ0) is 15.5. The first kappa shape index (κ1) is 16.1. The van der Waals surface area contributed by atoms with Crippen molar-refractivity contribution in [1.29, 1.82) is 0 Å². The molecule has 0 saturated carbocycles. The number of aliphatic imine (C=N–C) groups is 1. The number of nitrogens with zero attached hydrogens (tertiary/aromatic N) is 3. The Morgan fingerprint density at radius 3 is 2.38 bits per heavy atom. The third-order valence-corrected chi connectivity index (χ3v) is 4.10. The highest BCUT2D eigenvalue weighted by Gasteiger charge is 2.43. The second-order valence-electron chi connectivity index (χ2n) is 6.33. The Morgan fingerprint density at radius 1 is 1.14 bits per heavy atom. The van der Waals surface area contributed by atoms with Crippen LogP contribution in [0.1, 0.15) is 32.8 Å². The molecule has 1 aromatic carbocycles. The molecule has 2 rings (SSSR count). The molecule has 0 bridgehead atoms. The largest absolute Gasteiger partial charge is 0.390 e. The van der Waals surface area contributed by atoms with Crippen LogP contribution in [0, 0.1) is 0 Å². The highest BCUT2D eigenvalue weighted by Crippen LogP contribution is 2.27. The van der Waals surface area contributed by atoms with Crippen molar-refractivity contribution in [2.75, 3.05) is 13.2 Å². The molecular formula is C16H23ClN3O+. The maximum absolute atomic E-state index is 9.32. The zero-order valence-electron chi connectivity index (χ0n) is 12.9. The summed E-state index contributed by atoms with van der Waals surface area (Å²) in [5.41, 5.74) is 1.11. The summed E-state index contributed by atoms with van der Waals surface area (Å²) < 4.78 is 0.361. The second kappa shape index (κ2) is 6.26. The number of halogens is 1. The number of hydrogen-bond donors (Lipinski definition) is 1. The van der Waals surface area contributed by atoms with Crippen LogP contribution in [0.4, 0.5) is 0 Å². The molecular weight excluding hydrogens is 286 g/mol. The lowest BCUT2D eigenvalue weighted by atomic mass is 10.1. The Balaban J connectivity index is 2.06. The van der Waals surface area contributed by atoms with Gasteiger partial charge in [-0.25, -0.2) is 0 Å². The molecule has 1 N–H and O–H groups in total. The van der Waals surface area contributed by atoms with Crippen molar-refractivity contribution >= 4 is 23.8 Å². The summed E-state index contributed by atoms with van der Waals surface area (Å²) in [5, 5.41) is 14.8. The van der Waals surface area contributed by atoms with E-state index in [0.717, 1.165) is 23.7 Å². The molecule has 1 heterocycles. The van der Waals surface area contributed by atoms with E-state index in [-0.39, 0.29) is 12.1 Å². The van der Waals surface area contributed by atoms with E-state index >= 15 is 0 Å². The van der Waals surface area contributed by atoms with E-state index in [4.69, 9.17) is 16.7 Å². The predicted molar refractivity (Wildman–Crippen MR) is 87.7 cm³/mol. The molecule has 1 aliphatic heterocycles. The standard InChI is InChI=1S/C16H23ClN3O/c1-16(2,3)20(10-11-21)12-18-15(19-20)9-6-13-4-7-14(17)8-5-13/h4-5,7-8,12,21H,6,9-11H2,1-3H3/q+1. The van der Waals surface area contributed by atoms with Crippen molar-refractivity contribution in [2.24, 2.45) is 10.1 Å². The number of aryl methyl sites for hydroxylation is 1. The fourth-order valence-corrected chi connectivity index (χ4v) is 2.49. The van der Waals surface area contributed by atoms with Crippen molar-refractivity contribution in [3.05, 3.63) is 34.9 Å². The van der Waals surface area contributed by atoms with E-state index < -0.39 is 0 Å². The number of aliphatic hydroxyl groups excluding tert-OH is 1. The third kappa shape index (κ3) is 3.70. The zero-order valence-corrected chi connectivity index (χ0v) is 13.6. The molecule has 0 aliphatic carbocycles. The van der Waals surface area contributed by atoms with Gasteiger partial charge in [0.1, 0.15) is 12.1 Å². The van der Waals surface area contributed by atoms with Crippen LogP contribution in [-0.2, 0) is 6.42 Å². The lowest BCUT2D eigenvalue weighted by Crippen LogP contribution is -2.55. The summed E-state index contributed by atoms with van der Waals surface area (Å²) in [6.07, 6.45) is 3.53. The number of amidine groups is 1. The fourth-order valence-electron chi connectivity index (χ4n) is 2.36. The number of hydrogen-bond acceptors (Lipinski definition) is 3. The van der Waals surface area contributed by atoms with E-state index in [1.54, 1.807) is 0 Å². The fraction of sp³-hybridized carbons (Fsp3) is 0.500. The highest BCUT2D eigenvalue weighted by molar-refractivity contribution is 6.30. The molecule has 114 valence electrons. The van der Waals surface area contributed by atoms with Gasteiger partial charge in [0, 0.05) is 11.4 Å². The first-order chi connectivity index (χ1) is 9.86. The van der Waals surface area contributed by atoms with Crippen molar-refractivity contribution < 1.29 is 9.70 Å². The minimum atomic E-state index is -0.117. The Bertz CT molecular complexity index is 546. The van der Waals surface area contributed by atoms with Crippen LogP contribution >= 0.6 is 11.6 Å². The first-order valence-corrected chi connectivity index (χ1v) is 7.62. The summed E-state index contributed by atoms with van der Waals surface area (Å²) >= 11 is 5.89. The average Bonchev–Trinajstić information content (AvgIpc) is 2.83. The normalized spacial score (nSPS) is 21.7. The van der Waals surface area contributed by atoms with Crippen molar-refractivity contribution in [1.82, 2.24) is 0 Å². The van der Waals surface area contributed by atoms with Crippen LogP contribution in [0.3, 0.4) is 0 Å². The minimum absolute atomic E-state index is 0.0945. The quantitative estimate of drug-likeness (QED) is 0.834. The Morgan fingerprint density at radius 2 is 1.81 bits per heavy atom. The summed E-state index contributed by atoms with van der Waals surface area (Å²) in [5.74, 6) is 0.841. The third-order valence-electron chi connectivity index (χ3n) is 3.84. The van der Waals surface area contributed by atoms with E-state index in [1.165, 1.54) is 5.56 Å². The molecule has 0 amide bonds. The molecule has 0 aromatic heterocycles.